The number of amides is 3. The number of nitrogens with one attached hydrogen (secondary N) is 2. The molecule has 158 valence electrons. The van der Waals surface area contributed by atoms with Crippen LogP contribution in [0.25, 0.3) is 0 Å². The Labute approximate surface area is 169 Å². The first kappa shape index (κ1) is 22.0. The number of hydrazine groups is 1. The number of likely N-dealkylation sites (N-methyl/N-ethyl adjacent to an activating group) is 1. The van der Waals surface area contributed by atoms with E-state index in [2.05, 4.69) is 10.7 Å². The zero-order chi connectivity index (χ0) is 21.6. The van der Waals surface area contributed by atoms with Crippen molar-refractivity contribution in [3.05, 3.63) is 47.2 Å². The van der Waals surface area contributed by atoms with Crippen LogP contribution < -0.4 is 16.5 Å². The highest BCUT2D eigenvalue weighted by Gasteiger charge is 2.45. The topological polar surface area (TPSA) is 126 Å². The number of allylic oxidation sites excluding steroid dienone is 1. The maximum Gasteiger partial charge on any atom is 0.408 e. The SMILES string of the molecule is CCOC(=O)C1=C(C)N(NC(N)=O)[C@@H](N(C)C)[C@@H]1NC(=O)OCc1ccccc1. The molecule has 3 amide bonds. The molecule has 1 aromatic rings. The van der Waals surface area contributed by atoms with E-state index in [9.17, 15) is 14.4 Å². The van der Waals surface area contributed by atoms with Crippen molar-refractivity contribution in [1.29, 1.82) is 0 Å². The van der Waals surface area contributed by atoms with Gasteiger partial charge in [-0.15, -0.1) is 0 Å². The Bertz CT molecular complexity index is 780. The Kier molecular flexibility index (Phi) is 7.43. The van der Waals surface area contributed by atoms with Crippen LogP contribution in [0.5, 0.6) is 0 Å². The van der Waals surface area contributed by atoms with Gasteiger partial charge >= 0.3 is 18.1 Å². The van der Waals surface area contributed by atoms with E-state index in [0.29, 0.717) is 5.70 Å². The minimum atomic E-state index is -0.820. The number of hydrogen-bond acceptors (Lipinski definition) is 7. The highest BCUT2D eigenvalue weighted by Crippen LogP contribution is 2.29. The molecule has 0 aliphatic carbocycles. The smallest absolute Gasteiger partial charge is 0.408 e. The van der Waals surface area contributed by atoms with Crippen molar-refractivity contribution >= 4 is 18.1 Å². The van der Waals surface area contributed by atoms with E-state index in [1.54, 1.807) is 32.8 Å². The van der Waals surface area contributed by atoms with Gasteiger partial charge in [-0.25, -0.2) is 19.8 Å². The molecule has 2 atom stereocenters. The van der Waals surface area contributed by atoms with Crippen LogP contribution in [0.4, 0.5) is 9.59 Å². The Hall–Kier alpha value is -3.27. The molecule has 10 nitrogen and oxygen atoms in total. The maximum absolute atomic E-state index is 12.6. The molecule has 1 heterocycles. The second-order valence-electron chi connectivity index (χ2n) is 6.63. The number of alkyl carbamates (subject to hydrolysis) is 1. The lowest BCUT2D eigenvalue weighted by Gasteiger charge is -2.35. The number of rotatable bonds is 7. The van der Waals surface area contributed by atoms with E-state index in [1.165, 1.54) is 5.01 Å². The van der Waals surface area contributed by atoms with E-state index >= 15 is 0 Å². The van der Waals surface area contributed by atoms with Gasteiger partial charge in [0.25, 0.3) is 0 Å². The largest absolute Gasteiger partial charge is 0.463 e. The van der Waals surface area contributed by atoms with Crippen molar-refractivity contribution in [1.82, 2.24) is 20.7 Å². The number of hydrogen-bond donors (Lipinski definition) is 3. The van der Waals surface area contributed by atoms with Crippen molar-refractivity contribution in [2.24, 2.45) is 5.73 Å². The van der Waals surface area contributed by atoms with Crippen LogP contribution in [-0.4, -0.2) is 60.9 Å². The predicted octanol–water partition coefficient (Wildman–Crippen LogP) is 0.905. The lowest BCUT2D eigenvalue weighted by atomic mass is 10.1. The standard InChI is InChI=1S/C19H27N5O5/c1-5-28-17(25)14-12(2)24(22-18(20)26)16(23(3)4)15(14)21-19(27)29-11-13-9-7-6-8-10-13/h6-10,15-16H,5,11H2,1-4H3,(H,21,27)(H3,20,22,26)/t15-,16-/m1/s1. The number of esters is 1. The van der Waals surface area contributed by atoms with Gasteiger partial charge in [0.1, 0.15) is 18.8 Å². The molecule has 0 fully saturated rings. The third-order valence-electron chi connectivity index (χ3n) is 4.37. The van der Waals surface area contributed by atoms with Gasteiger partial charge in [-0.3, -0.25) is 9.91 Å². The summed E-state index contributed by atoms with van der Waals surface area (Å²) in [7, 11) is 3.48. The summed E-state index contributed by atoms with van der Waals surface area (Å²) >= 11 is 0. The summed E-state index contributed by atoms with van der Waals surface area (Å²) in [5.41, 5.74) is 9.20. The third-order valence-corrected chi connectivity index (χ3v) is 4.37. The molecule has 0 saturated carbocycles. The van der Waals surface area contributed by atoms with E-state index < -0.39 is 30.3 Å². The fraction of sp³-hybridized carbons (Fsp3) is 0.421. The summed E-state index contributed by atoms with van der Waals surface area (Å²) in [6.07, 6.45) is -1.33. The van der Waals surface area contributed by atoms with Gasteiger partial charge in [0, 0.05) is 5.70 Å². The number of primary amides is 1. The molecule has 0 unspecified atom stereocenters. The minimum Gasteiger partial charge on any atom is -0.463 e. The highest BCUT2D eigenvalue weighted by molar-refractivity contribution is 5.92. The van der Waals surface area contributed by atoms with Gasteiger partial charge in [-0.2, -0.15) is 0 Å². The van der Waals surface area contributed by atoms with Crippen LogP contribution in [-0.2, 0) is 20.9 Å². The molecule has 1 aromatic carbocycles. The lowest BCUT2D eigenvalue weighted by molar-refractivity contribution is -0.138. The van der Waals surface area contributed by atoms with Crippen molar-refractivity contribution in [3.63, 3.8) is 0 Å². The molecular weight excluding hydrogens is 378 g/mol. The van der Waals surface area contributed by atoms with Gasteiger partial charge in [0.05, 0.1) is 12.2 Å². The summed E-state index contributed by atoms with van der Waals surface area (Å²) in [5, 5.41) is 4.14. The first-order chi connectivity index (χ1) is 13.8. The first-order valence-corrected chi connectivity index (χ1v) is 9.13. The predicted molar refractivity (Wildman–Crippen MR) is 105 cm³/mol. The van der Waals surface area contributed by atoms with Crippen molar-refractivity contribution in [3.8, 4) is 0 Å². The van der Waals surface area contributed by atoms with E-state index in [4.69, 9.17) is 15.2 Å². The summed E-state index contributed by atoms with van der Waals surface area (Å²) < 4.78 is 10.4. The third kappa shape index (κ3) is 5.38. The molecule has 1 aliphatic heterocycles. The summed E-state index contributed by atoms with van der Waals surface area (Å²) in [4.78, 5) is 38.2. The minimum absolute atomic E-state index is 0.0761. The Morgan fingerprint density at radius 1 is 1.17 bits per heavy atom. The Balaban J connectivity index is 2.24. The fourth-order valence-electron chi connectivity index (χ4n) is 3.17. The van der Waals surface area contributed by atoms with Crippen LogP contribution in [0.1, 0.15) is 19.4 Å². The van der Waals surface area contributed by atoms with Gasteiger partial charge in [-0.05, 0) is 33.5 Å². The molecule has 10 heteroatoms. The van der Waals surface area contributed by atoms with Crippen molar-refractivity contribution < 1.29 is 23.9 Å². The molecule has 1 aliphatic rings. The molecule has 29 heavy (non-hydrogen) atoms. The number of nitrogens with zero attached hydrogens (tertiary/aromatic N) is 2. The Morgan fingerprint density at radius 3 is 2.38 bits per heavy atom. The molecule has 0 bridgehead atoms. The van der Waals surface area contributed by atoms with Crippen molar-refractivity contribution in [2.45, 2.75) is 32.7 Å². The second kappa shape index (κ2) is 9.78. The van der Waals surface area contributed by atoms with Gasteiger partial charge in [-0.1, -0.05) is 30.3 Å². The molecule has 2 rings (SSSR count). The van der Waals surface area contributed by atoms with Crippen LogP contribution >= 0.6 is 0 Å². The fourth-order valence-corrected chi connectivity index (χ4v) is 3.17. The molecule has 0 aromatic heterocycles. The number of carbonyl (C=O) groups excluding carboxylic acids is 3. The lowest BCUT2D eigenvalue weighted by Crippen LogP contribution is -2.59. The van der Waals surface area contributed by atoms with Gasteiger partial charge < -0.3 is 20.5 Å². The summed E-state index contributed by atoms with van der Waals surface area (Å²) in [6, 6.07) is 7.59. The van der Waals surface area contributed by atoms with E-state index in [-0.39, 0.29) is 18.8 Å². The van der Waals surface area contributed by atoms with Crippen LogP contribution in [0, 0.1) is 0 Å². The Morgan fingerprint density at radius 2 is 1.83 bits per heavy atom. The van der Waals surface area contributed by atoms with Crippen LogP contribution in [0.2, 0.25) is 0 Å². The zero-order valence-corrected chi connectivity index (χ0v) is 17.0. The number of benzene rings is 1. The average Bonchev–Trinajstić information content (AvgIpc) is 2.92. The van der Waals surface area contributed by atoms with Crippen LogP contribution in [0.3, 0.4) is 0 Å². The summed E-state index contributed by atoms with van der Waals surface area (Å²) in [5.74, 6) is -0.598. The maximum atomic E-state index is 12.6. The normalized spacial score (nSPS) is 18.6. The number of ether oxygens (including phenoxy) is 2. The van der Waals surface area contributed by atoms with E-state index in [1.807, 2.05) is 30.3 Å². The second-order valence-corrected chi connectivity index (χ2v) is 6.63. The molecular formula is C19H27N5O5. The quantitative estimate of drug-likeness (QED) is 0.576. The number of nitrogens with two attached hydrogens (primary N) is 1. The monoisotopic (exact) mass is 405 g/mol. The molecule has 0 radical (unpaired) electrons. The van der Waals surface area contributed by atoms with Gasteiger partial charge in [0.2, 0.25) is 0 Å². The number of carbonyl (C=O) groups is 3. The van der Waals surface area contributed by atoms with Crippen molar-refractivity contribution in [2.75, 3.05) is 20.7 Å². The average molecular weight is 405 g/mol. The molecule has 0 saturated heterocycles. The zero-order valence-electron chi connectivity index (χ0n) is 17.0. The highest BCUT2D eigenvalue weighted by atomic mass is 16.5. The summed E-state index contributed by atoms with van der Waals surface area (Å²) in [6.45, 7) is 3.56. The number of urea groups is 1. The van der Waals surface area contributed by atoms with Crippen LogP contribution in [0.15, 0.2) is 41.6 Å². The van der Waals surface area contributed by atoms with E-state index in [0.717, 1.165) is 5.56 Å². The molecule has 4 N–H and O–H groups in total. The first-order valence-electron chi connectivity index (χ1n) is 9.13. The van der Waals surface area contributed by atoms with Gasteiger partial charge in [0.15, 0.2) is 0 Å². The molecule has 0 spiro atoms.